The van der Waals surface area contributed by atoms with Gasteiger partial charge in [-0.25, -0.2) is 0 Å². The van der Waals surface area contributed by atoms with Gasteiger partial charge in [0.25, 0.3) is 0 Å². The van der Waals surface area contributed by atoms with Gasteiger partial charge in [0.15, 0.2) is 0 Å². The standard InChI is InChI=1S/C8H16O3/c1-6(8(10)11)4-3-5-7(2)9/h6-7,9H,3-5H2,1-2H3,(H,10,11). The number of aliphatic hydroxyl groups is 1. The molecule has 0 aliphatic rings. The molecule has 0 radical (unpaired) electrons. The number of carboxylic acid groups (broad SMARTS) is 1. The summed E-state index contributed by atoms with van der Waals surface area (Å²) in [6.45, 7) is 3.40. The highest BCUT2D eigenvalue weighted by molar-refractivity contribution is 5.69. The van der Waals surface area contributed by atoms with Crippen molar-refractivity contribution in [3.8, 4) is 0 Å². The molecule has 2 N–H and O–H groups in total. The summed E-state index contributed by atoms with van der Waals surface area (Å²) in [5.74, 6) is -1.04. The minimum absolute atomic E-state index is 0.284. The summed E-state index contributed by atoms with van der Waals surface area (Å²) < 4.78 is 0. The van der Waals surface area contributed by atoms with E-state index in [1.807, 2.05) is 0 Å². The van der Waals surface area contributed by atoms with Crippen LogP contribution >= 0.6 is 0 Å². The molecule has 3 nitrogen and oxygen atoms in total. The average molecular weight is 160 g/mol. The number of hydrogen-bond donors (Lipinski definition) is 2. The Hall–Kier alpha value is -0.570. The maximum Gasteiger partial charge on any atom is 0.306 e. The Balaban J connectivity index is 3.31. The van der Waals surface area contributed by atoms with Crippen molar-refractivity contribution in [2.45, 2.75) is 39.2 Å². The highest BCUT2D eigenvalue weighted by atomic mass is 16.4. The van der Waals surface area contributed by atoms with E-state index >= 15 is 0 Å². The summed E-state index contributed by atoms with van der Waals surface area (Å²) in [5, 5.41) is 17.3. The van der Waals surface area contributed by atoms with Crippen LogP contribution in [0.15, 0.2) is 0 Å². The van der Waals surface area contributed by atoms with Gasteiger partial charge in [-0.05, 0) is 19.8 Å². The van der Waals surface area contributed by atoms with E-state index in [0.29, 0.717) is 12.8 Å². The Morgan fingerprint density at radius 2 is 1.91 bits per heavy atom. The summed E-state index contributed by atoms with van der Waals surface area (Å²) in [5.41, 5.74) is 0. The first-order valence-corrected chi connectivity index (χ1v) is 3.95. The molecule has 0 amide bonds. The molecule has 0 fully saturated rings. The van der Waals surface area contributed by atoms with E-state index in [1.54, 1.807) is 13.8 Å². The van der Waals surface area contributed by atoms with Crippen LogP contribution in [0.5, 0.6) is 0 Å². The quantitative estimate of drug-likeness (QED) is 0.636. The molecule has 3 heteroatoms. The molecule has 0 aromatic carbocycles. The van der Waals surface area contributed by atoms with Crippen molar-refractivity contribution in [2.24, 2.45) is 5.92 Å². The third-order valence-electron chi connectivity index (χ3n) is 1.68. The molecule has 0 aliphatic heterocycles. The van der Waals surface area contributed by atoms with Crippen molar-refractivity contribution in [2.75, 3.05) is 0 Å². The summed E-state index contributed by atoms with van der Waals surface area (Å²) in [6.07, 6.45) is 1.82. The summed E-state index contributed by atoms with van der Waals surface area (Å²) in [4.78, 5) is 10.3. The Morgan fingerprint density at radius 1 is 1.36 bits per heavy atom. The van der Waals surface area contributed by atoms with Crippen LogP contribution in [0.3, 0.4) is 0 Å². The van der Waals surface area contributed by atoms with Gasteiger partial charge in [-0.15, -0.1) is 0 Å². The molecule has 0 aromatic rings. The highest BCUT2D eigenvalue weighted by Gasteiger charge is 2.09. The van der Waals surface area contributed by atoms with Crippen LogP contribution in [-0.2, 0) is 4.79 Å². The Kier molecular flexibility index (Phi) is 4.86. The second-order valence-corrected chi connectivity index (χ2v) is 3.02. The van der Waals surface area contributed by atoms with Crippen molar-refractivity contribution in [1.82, 2.24) is 0 Å². The lowest BCUT2D eigenvalue weighted by Gasteiger charge is -2.06. The van der Waals surface area contributed by atoms with Crippen LogP contribution in [0.1, 0.15) is 33.1 Å². The molecule has 0 heterocycles. The van der Waals surface area contributed by atoms with Gasteiger partial charge >= 0.3 is 5.97 Å². The topological polar surface area (TPSA) is 57.5 Å². The number of hydrogen-bond acceptors (Lipinski definition) is 2. The van der Waals surface area contributed by atoms with Crippen LogP contribution < -0.4 is 0 Å². The van der Waals surface area contributed by atoms with Gasteiger partial charge in [-0.1, -0.05) is 13.3 Å². The van der Waals surface area contributed by atoms with Crippen LogP contribution in [0.25, 0.3) is 0 Å². The summed E-state index contributed by atoms with van der Waals surface area (Å²) >= 11 is 0. The van der Waals surface area contributed by atoms with Crippen LogP contribution in [0.4, 0.5) is 0 Å². The molecule has 0 aliphatic carbocycles. The molecule has 66 valence electrons. The third-order valence-corrected chi connectivity index (χ3v) is 1.68. The van der Waals surface area contributed by atoms with E-state index < -0.39 is 5.97 Å². The first-order chi connectivity index (χ1) is 5.04. The Bertz CT molecular complexity index is 121. The predicted molar refractivity (Wildman–Crippen MR) is 42.3 cm³/mol. The van der Waals surface area contributed by atoms with Crippen LogP contribution in [-0.4, -0.2) is 22.3 Å². The molecule has 0 bridgehead atoms. The van der Waals surface area contributed by atoms with E-state index in [0.717, 1.165) is 6.42 Å². The van der Waals surface area contributed by atoms with Gasteiger partial charge in [-0.3, -0.25) is 4.79 Å². The van der Waals surface area contributed by atoms with Gasteiger partial charge in [0.05, 0.1) is 12.0 Å². The first-order valence-electron chi connectivity index (χ1n) is 3.95. The molecule has 11 heavy (non-hydrogen) atoms. The smallest absolute Gasteiger partial charge is 0.306 e. The van der Waals surface area contributed by atoms with Crippen molar-refractivity contribution in [1.29, 1.82) is 0 Å². The average Bonchev–Trinajstić information content (AvgIpc) is 1.86. The number of carboxylic acids is 1. The zero-order valence-electron chi connectivity index (χ0n) is 7.08. The maximum absolute atomic E-state index is 10.3. The monoisotopic (exact) mass is 160 g/mol. The number of rotatable bonds is 5. The first kappa shape index (κ1) is 10.4. The van der Waals surface area contributed by atoms with Gasteiger partial charge in [0, 0.05) is 0 Å². The summed E-state index contributed by atoms with van der Waals surface area (Å²) in [7, 11) is 0. The largest absolute Gasteiger partial charge is 0.481 e. The van der Waals surface area contributed by atoms with Gasteiger partial charge in [0.2, 0.25) is 0 Å². The van der Waals surface area contributed by atoms with Crippen molar-refractivity contribution in [3.63, 3.8) is 0 Å². The molecule has 2 unspecified atom stereocenters. The Labute approximate surface area is 67.0 Å². The molecule has 2 atom stereocenters. The minimum Gasteiger partial charge on any atom is -0.481 e. The van der Waals surface area contributed by atoms with Crippen LogP contribution in [0.2, 0.25) is 0 Å². The highest BCUT2D eigenvalue weighted by Crippen LogP contribution is 2.08. The fraction of sp³-hybridized carbons (Fsp3) is 0.875. The minimum atomic E-state index is -0.754. The van der Waals surface area contributed by atoms with Crippen LogP contribution in [0, 0.1) is 5.92 Å². The number of aliphatic hydroxyl groups excluding tert-OH is 1. The molecule has 0 aromatic heterocycles. The molecule has 0 spiro atoms. The maximum atomic E-state index is 10.3. The zero-order valence-corrected chi connectivity index (χ0v) is 7.08. The van der Waals surface area contributed by atoms with Crippen molar-refractivity contribution < 1.29 is 15.0 Å². The lowest BCUT2D eigenvalue weighted by molar-refractivity contribution is -0.141. The second-order valence-electron chi connectivity index (χ2n) is 3.02. The van der Waals surface area contributed by atoms with Gasteiger partial charge in [0.1, 0.15) is 0 Å². The lowest BCUT2D eigenvalue weighted by atomic mass is 10.0. The second kappa shape index (κ2) is 5.13. The van der Waals surface area contributed by atoms with E-state index in [4.69, 9.17) is 10.2 Å². The predicted octanol–water partition coefficient (Wildman–Crippen LogP) is 1.26. The fourth-order valence-electron chi connectivity index (χ4n) is 0.843. The number of aliphatic carboxylic acids is 1. The molecule has 0 rings (SSSR count). The molecular weight excluding hydrogens is 144 g/mol. The fourth-order valence-corrected chi connectivity index (χ4v) is 0.843. The SMILES string of the molecule is CC(O)CCCC(C)C(=O)O. The van der Waals surface area contributed by atoms with Gasteiger partial charge in [-0.2, -0.15) is 0 Å². The molecular formula is C8H16O3. The zero-order chi connectivity index (χ0) is 8.85. The van der Waals surface area contributed by atoms with E-state index in [9.17, 15) is 4.79 Å². The lowest BCUT2D eigenvalue weighted by Crippen LogP contribution is -2.10. The van der Waals surface area contributed by atoms with E-state index in [2.05, 4.69) is 0 Å². The number of carbonyl (C=O) groups is 1. The summed E-state index contributed by atoms with van der Waals surface area (Å²) in [6, 6.07) is 0. The third kappa shape index (κ3) is 5.85. The van der Waals surface area contributed by atoms with Crippen molar-refractivity contribution in [3.05, 3.63) is 0 Å². The van der Waals surface area contributed by atoms with E-state index in [-0.39, 0.29) is 12.0 Å². The van der Waals surface area contributed by atoms with E-state index in [1.165, 1.54) is 0 Å². The normalized spacial score (nSPS) is 15.9. The molecule has 0 saturated heterocycles. The van der Waals surface area contributed by atoms with Gasteiger partial charge < -0.3 is 10.2 Å². The van der Waals surface area contributed by atoms with Crippen molar-refractivity contribution >= 4 is 5.97 Å². The Morgan fingerprint density at radius 3 is 2.27 bits per heavy atom. The molecule has 0 saturated carbocycles.